The van der Waals surface area contributed by atoms with Crippen LogP contribution in [0.25, 0.3) is 0 Å². The molecule has 0 heterocycles. The van der Waals surface area contributed by atoms with E-state index in [9.17, 15) is 4.79 Å². The summed E-state index contributed by atoms with van der Waals surface area (Å²) in [5.74, 6) is 0.894. The molecule has 0 fully saturated rings. The lowest BCUT2D eigenvalue weighted by atomic mass is 10.2. The highest BCUT2D eigenvalue weighted by atomic mass is 16.6. The van der Waals surface area contributed by atoms with Gasteiger partial charge >= 0.3 is 6.09 Å². The van der Waals surface area contributed by atoms with E-state index in [2.05, 4.69) is 23.6 Å². The number of amides is 1. The predicted octanol–water partition coefficient (Wildman–Crippen LogP) is 3.48. The smallest absolute Gasteiger partial charge is 0.407 e. The molecule has 0 saturated heterocycles. The Morgan fingerprint density at radius 3 is 2.70 bits per heavy atom. The number of alkyl carbamates (subject to hydrolysis) is 1. The zero-order valence-electron chi connectivity index (χ0n) is 14.9. The number of nitrogens with one attached hydrogen (secondary N) is 2. The average molecular weight is 322 g/mol. The number of hydrogen-bond donors (Lipinski definition) is 2. The van der Waals surface area contributed by atoms with Gasteiger partial charge in [0.1, 0.15) is 11.4 Å². The molecule has 130 valence electrons. The molecule has 0 radical (unpaired) electrons. The summed E-state index contributed by atoms with van der Waals surface area (Å²) in [5, 5.41) is 6.14. The predicted molar refractivity (Wildman–Crippen MR) is 92.8 cm³/mol. The molecule has 2 N–H and O–H groups in total. The van der Waals surface area contributed by atoms with Crippen molar-refractivity contribution in [1.29, 1.82) is 0 Å². The number of benzene rings is 1. The second kappa shape index (κ2) is 9.40. The number of rotatable bonds is 8. The van der Waals surface area contributed by atoms with E-state index in [4.69, 9.17) is 9.47 Å². The second-order valence-electron chi connectivity index (χ2n) is 6.66. The van der Waals surface area contributed by atoms with Gasteiger partial charge in [0.2, 0.25) is 0 Å². The summed E-state index contributed by atoms with van der Waals surface area (Å²) in [4.78, 5) is 11.6. The van der Waals surface area contributed by atoms with Crippen LogP contribution in [0.4, 0.5) is 4.79 Å². The molecule has 0 aliphatic rings. The molecule has 0 aliphatic heterocycles. The second-order valence-corrected chi connectivity index (χ2v) is 6.66. The fourth-order valence-corrected chi connectivity index (χ4v) is 1.88. The normalized spacial score (nSPS) is 12.6. The molecule has 5 heteroatoms. The van der Waals surface area contributed by atoms with Crippen molar-refractivity contribution in [3.63, 3.8) is 0 Å². The molecule has 5 nitrogen and oxygen atoms in total. The van der Waals surface area contributed by atoms with Crippen LogP contribution < -0.4 is 15.4 Å². The van der Waals surface area contributed by atoms with Crippen molar-refractivity contribution in [3.8, 4) is 5.75 Å². The topological polar surface area (TPSA) is 59.6 Å². The largest absolute Gasteiger partial charge is 0.494 e. The molecular weight excluding hydrogens is 292 g/mol. The summed E-state index contributed by atoms with van der Waals surface area (Å²) in [6.07, 6.45) is 0.608. The number of ether oxygens (including phenoxy) is 2. The third-order valence-corrected chi connectivity index (χ3v) is 2.98. The zero-order chi connectivity index (χ0) is 17.3. The summed E-state index contributed by atoms with van der Waals surface area (Å²) in [7, 11) is 0. The Morgan fingerprint density at radius 2 is 2.04 bits per heavy atom. The van der Waals surface area contributed by atoms with Crippen LogP contribution >= 0.6 is 0 Å². The molecule has 1 unspecified atom stereocenters. The Labute approximate surface area is 139 Å². The van der Waals surface area contributed by atoms with E-state index in [1.165, 1.54) is 0 Å². The summed E-state index contributed by atoms with van der Waals surface area (Å²) in [6.45, 7) is 11.6. The van der Waals surface area contributed by atoms with Gasteiger partial charge in [-0.2, -0.15) is 0 Å². The highest BCUT2D eigenvalue weighted by molar-refractivity contribution is 5.67. The first-order chi connectivity index (χ1) is 10.8. The Morgan fingerprint density at radius 1 is 1.30 bits per heavy atom. The molecule has 1 atom stereocenters. The van der Waals surface area contributed by atoms with Crippen LogP contribution in [0.1, 0.15) is 46.6 Å². The van der Waals surface area contributed by atoms with Gasteiger partial charge in [0, 0.05) is 19.1 Å². The van der Waals surface area contributed by atoms with Crippen molar-refractivity contribution in [2.24, 2.45) is 0 Å². The minimum Gasteiger partial charge on any atom is -0.494 e. The Bertz CT molecular complexity index is 483. The molecule has 0 bridgehead atoms. The third kappa shape index (κ3) is 9.08. The maximum absolute atomic E-state index is 11.6. The molecule has 0 aromatic heterocycles. The van der Waals surface area contributed by atoms with Gasteiger partial charge in [-0.1, -0.05) is 19.1 Å². The molecule has 0 aliphatic carbocycles. The van der Waals surface area contributed by atoms with Gasteiger partial charge in [-0.05, 0) is 51.8 Å². The van der Waals surface area contributed by atoms with E-state index in [-0.39, 0.29) is 12.1 Å². The molecule has 1 amide bonds. The van der Waals surface area contributed by atoms with E-state index in [1.54, 1.807) is 0 Å². The van der Waals surface area contributed by atoms with E-state index in [0.717, 1.165) is 30.9 Å². The molecule has 23 heavy (non-hydrogen) atoms. The van der Waals surface area contributed by atoms with Gasteiger partial charge in [-0.25, -0.2) is 4.79 Å². The fourth-order valence-electron chi connectivity index (χ4n) is 1.88. The number of carbonyl (C=O) groups is 1. The lowest BCUT2D eigenvalue weighted by molar-refractivity contribution is 0.0523. The molecule has 1 rings (SSSR count). The van der Waals surface area contributed by atoms with Crippen molar-refractivity contribution < 1.29 is 14.3 Å². The maximum Gasteiger partial charge on any atom is 0.407 e. The first-order valence-corrected chi connectivity index (χ1v) is 8.22. The van der Waals surface area contributed by atoms with Crippen LogP contribution in [0.5, 0.6) is 5.75 Å². The van der Waals surface area contributed by atoms with Crippen molar-refractivity contribution in [1.82, 2.24) is 10.6 Å². The van der Waals surface area contributed by atoms with E-state index in [1.807, 2.05) is 45.9 Å². The molecule has 0 saturated carbocycles. The Hall–Kier alpha value is -1.75. The molecule has 0 spiro atoms. The Kier molecular flexibility index (Phi) is 7.89. The molecule has 1 aromatic carbocycles. The zero-order valence-corrected chi connectivity index (χ0v) is 14.9. The van der Waals surface area contributed by atoms with E-state index >= 15 is 0 Å². The van der Waals surface area contributed by atoms with Crippen LogP contribution in [0.15, 0.2) is 24.3 Å². The van der Waals surface area contributed by atoms with Crippen LogP contribution in [0.2, 0.25) is 0 Å². The molecule has 1 aromatic rings. The lowest BCUT2D eigenvalue weighted by Crippen LogP contribution is -2.40. The van der Waals surface area contributed by atoms with Crippen LogP contribution in [0.3, 0.4) is 0 Å². The van der Waals surface area contributed by atoms with Gasteiger partial charge in [0.15, 0.2) is 0 Å². The monoisotopic (exact) mass is 322 g/mol. The van der Waals surface area contributed by atoms with Crippen molar-refractivity contribution in [2.75, 3.05) is 13.2 Å². The Balaban J connectivity index is 2.33. The number of hydrogen-bond acceptors (Lipinski definition) is 4. The van der Waals surface area contributed by atoms with Gasteiger partial charge in [0.05, 0.1) is 6.61 Å². The highest BCUT2D eigenvalue weighted by Gasteiger charge is 2.16. The molecular formula is C18H30N2O3. The van der Waals surface area contributed by atoms with Crippen LogP contribution in [-0.2, 0) is 11.3 Å². The van der Waals surface area contributed by atoms with Crippen LogP contribution in [0, 0.1) is 0 Å². The van der Waals surface area contributed by atoms with Crippen LogP contribution in [-0.4, -0.2) is 30.9 Å². The van der Waals surface area contributed by atoms with Gasteiger partial charge in [0.25, 0.3) is 0 Å². The summed E-state index contributed by atoms with van der Waals surface area (Å²) in [5.41, 5.74) is 0.683. The fraction of sp³-hybridized carbons (Fsp3) is 0.611. The van der Waals surface area contributed by atoms with E-state index in [0.29, 0.717) is 6.54 Å². The first kappa shape index (κ1) is 19.3. The lowest BCUT2D eigenvalue weighted by Gasteiger charge is -2.21. The minimum atomic E-state index is -0.473. The first-order valence-electron chi connectivity index (χ1n) is 8.22. The summed E-state index contributed by atoms with van der Waals surface area (Å²) >= 11 is 0. The van der Waals surface area contributed by atoms with E-state index < -0.39 is 5.60 Å². The third-order valence-electron chi connectivity index (χ3n) is 2.98. The number of carbonyl (C=O) groups excluding carboxylic acids is 1. The van der Waals surface area contributed by atoms with Gasteiger partial charge in [-0.3, -0.25) is 0 Å². The van der Waals surface area contributed by atoms with Crippen molar-refractivity contribution >= 4 is 6.09 Å². The average Bonchev–Trinajstić information content (AvgIpc) is 2.47. The summed E-state index contributed by atoms with van der Waals surface area (Å²) < 4.78 is 10.8. The van der Waals surface area contributed by atoms with Crippen molar-refractivity contribution in [3.05, 3.63) is 29.8 Å². The SMILES string of the molecule is CCCOc1cccc(CNC(C)CNC(=O)OC(C)(C)C)c1. The highest BCUT2D eigenvalue weighted by Crippen LogP contribution is 2.13. The minimum absolute atomic E-state index is 0.141. The standard InChI is InChI=1S/C18H30N2O3/c1-6-10-22-16-9-7-8-15(11-16)13-19-14(2)12-20-17(21)23-18(3,4)5/h7-9,11,14,19H,6,10,12-13H2,1-5H3,(H,20,21). The van der Waals surface area contributed by atoms with Gasteiger partial charge < -0.3 is 20.1 Å². The maximum atomic E-state index is 11.6. The quantitative estimate of drug-likeness (QED) is 0.769. The van der Waals surface area contributed by atoms with Gasteiger partial charge in [-0.15, -0.1) is 0 Å². The van der Waals surface area contributed by atoms with Crippen molar-refractivity contribution in [2.45, 2.75) is 59.2 Å². The summed E-state index contributed by atoms with van der Waals surface area (Å²) in [6, 6.07) is 8.19.